The van der Waals surface area contributed by atoms with E-state index in [0.717, 1.165) is 56.9 Å². The fourth-order valence-electron chi connectivity index (χ4n) is 7.09. The van der Waals surface area contributed by atoms with Crippen LogP contribution < -0.4 is 19.3 Å². The minimum absolute atomic E-state index is 0.0516. The summed E-state index contributed by atoms with van der Waals surface area (Å²) in [5, 5.41) is 12.4. The molecule has 1 saturated carbocycles. The van der Waals surface area contributed by atoms with E-state index in [2.05, 4.69) is 46.6 Å². The summed E-state index contributed by atoms with van der Waals surface area (Å²) in [6.07, 6.45) is 4.72. The van der Waals surface area contributed by atoms with E-state index in [0.29, 0.717) is 24.7 Å². The number of nitrogens with zero attached hydrogens (tertiary/aromatic N) is 6. The lowest BCUT2D eigenvalue weighted by atomic mass is 9.65. The van der Waals surface area contributed by atoms with Crippen LogP contribution in [-0.4, -0.2) is 65.3 Å². The van der Waals surface area contributed by atoms with Crippen LogP contribution in [0.2, 0.25) is 0 Å². The van der Waals surface area contributed by atoms with Gasteiger partial charge in [0.25, 0.3) is 0 Å². The molecular formula is C26H34N6O4. The van der Waals surface area contributed by atoms with Gasteiger partial charge in [-0.2, -0.15) is 0 Å². The van der Waals surface area contributed by atoms with Gasteiger partial charge in [-0.3, -0.25) is 15.0 Å². The molecule has 1 aromatic heterocycles. The Bertz CT molecular complexity index is 1180. The summed E-state index contributed by atoms with van der Waals surface area (Å²) in [5.41, 5.74) is 1.60. The van der Waals surface area contributed by atoms with Crippen LogP contribution in [0.5, 0.6) is 11.5 Å². The van der Waals surface area contributed by atoms with Crippen molar-refractivity contribution in [1.82, 2.24) is 14.9 Å². The van der Waals surface area contributed by atoms with Crippen molar-refractivity contribution < 1.29 is 14.4 Å². The first-order chi connectivity index (χ1) is 17.2. The van der Waals surface area contributed by atoms with Crippen molar-refractivity contribution in [3.05, 3.63) is 40.2 Å². The van der Waals surface area contributed by atoms with Gasteiger partial charge in [0, 0.05) is 45.3 Å². The predicted molar refractivity (Wildman–Crippen MR) is 136 cm³/mol. The Hall–Kier alpha value is -3.14. The second-order valence-electron chi connectivity index (χ2n) is 11.9. The first kappa shape index (κ1) is 23.3. The van der Waals surface area contributed by atoms with Crippen LogP contribution in [0, 0.1) is 20.9 Å². The molecule has 6 rings (SSSR count). The Labute approximate surface area is 211 Å². The molecule has 2 saturated heterocycles. The number of anilines is 2. The van der Waals surface area contributed by atoms with Gasteiger partial charge in [-0.05, 0) is 47.8 Å². The van der Waals surface area contributed by atoms with Crippen molar-refractivity contribution in [2.45, 2.75) is 52.6 Å². The van der Waals surface area contributed by atoms with E-state index in [1.54, 1.807) is 0 Å². The molecule has 4 aliphatic rings. The number of hydrogen-bond acceptors (Lipinski definition) is 9. The largest absolute Gasteiger partial charge is 0.454 e. The lowest BCUT2D eigenvalue weighted by molar-refractivity contribution is -0.383. The lowest BCUT2D eigenvalue weighted by Gasteiger charge is -2.39. The molecule has 2 aromatic rings. The van der Waals surface area contributed by atoms with Crippen LogP contribution in [0.4, 0.5) is 17.3 Å². The molecule has 3 aliphatic heterocycles. The molecule has 0 amide bonds. The molecule has 1 aliphatic carbocycles. The van der Waals surface area contributed by atoms with Crippen molar-refractivity contribution in [1.29, 1.82) is 0 Å². The standard InChI is InChI=1S/C26H34N6O4/c1-25(2)11-19-12-26(3,14-25)15-31(19)24-22(32(33)34)23(27-16-28-24)30-8-6-29(7-9-30)13-18-4-5-20-21(10-18)36-17-35-20/h4-5,10,16,19H,6-9,11-15,17H2,1-3H3. The highest BCUT2D eigenvalue weighted by atomic mass is 16.7. The molecule has 192 valence electrons. The third kappa shape index (κ3) is 4.21. The van der Waals surface area contributed by atoms with Crippen molar-refractivity contribution in [3.63, 3.8) is 0 Å². The predicted octanol–water partition coefficient (Wildman–Crippen LogP) is 3.84. The second kappa shape index (κ2) is 8.47. The van der Waals surface area contributed by atoms with E-state index >= 15 is 0 Å². The topological polar surface area (TPSA) is 97.1 Å². The van der Waals surface area contributed by atoms with E-state index in [4.69, 9.17) is 9.47 Å². The molecule has 3 fully saturated rings. The number of fused-ring (bicyclic) bond motifs is 3. The van der Waals surface area contributed by atoms with E-state index < -0.39 is 0 Å². The van der Waals surface area contributed by atoms with Crippen LogP contribution in [-0.2, 0) is 6.54 Å². The summed E-state index contributed by atoms with van der Waals surface area (Å²) in [6.45, 7) is 11.8. The zero-order chi connectivity index (χ0) is 25.1. The van der Waals surface area contributed by atoms with E-state index in [1.165, 1.54) is 11.9 Å². The first-order valence-corrected chi connectivity index (χ1v) is 12.8. The van der Waals surface area contributed by atoms with Crippen molar-refractivity contribution >= 4 is 17.3 Å². The third-order valence-corrected chi connectivity index (χ3v) is 8.17. The summed E-state index contributed by atoms with van der Waals surface area (Å²) in [7, 11) is 0. The average molecular weight is 495 g/mol. The highest BCUT2D eigenvalue weighted by molar-refractivity contribution is 5.72. The number of piperazine rings is 1. The smallest absolute Gasteiger partial charge is 0.353 e. The van der Waals surface area contributed by atoms with Gasteiger partial charge in [0.2, 0.25) is 18.4 Å². The number of benzene rings is 1. The molecular weight excluding hydrogens is 460 g/mol. The normalized spacial score (nSPS) is 26.9. The number of ether oxygens (including phenoxy) is 2. The van der Waals surface area contributed by atoms with Gasteiger partial charge in [-0.25, -0.2) is 9.97 Å². The van der Waals surface area contributed by atoms with Crippen molar-refractivity contribution in [2.75, 3.05) is 49.3 Å². The highest BCUT2D eigenvalue weighted by Crippen LogP contribution is 2.54. The van der Waals surface area contributed by atoms with Crippen molar-refractivity contribution in [2.24, 2.45) is 10.8 Å². The third-order valence-electron chi connectivity index (χ3n) is 8.17. The van der Waals surface area contributed by atoms with Gasteiger partial charge in [0.15, 0.2) is 11.5 Å². The number of rotatable bonds is 5. The Kier molecular flexibility index (Phi) is 5.47. The minimum Gasteiger partial charge on any atom is -0.454 e. The Balaban J connectivity index is 1.19. The Morgan fingerprint density at radius 2 is 1.81 bits per heavy atom. The monoisotopic (exact) mass is 494 g/mol. The van der Waals surface area contributed by atoms with Crippen molar-refractivity contribution in [3.8, 4) is 11.5 Å². The Morgan fingerprint density at radius 1 is 1.06 bits per heavy atom. The summed E-state index contributed by atoms with van der Waals surface area (Å²) in [6, 6.07) is 6.33. The highest BCUT2D eigenvalue weighted by Gasteiger charge is 2.51. The fraction of sp³-hybridized carbons (Fsp3) is 0.615. The van der Waals surface area contributed by atoms with Crippen LogP contribution >= 0.6 is 0 Å². The molecule has 2 unspecified atom stereocenters. The molecule has 1 aromatic carbocycles. The SMILES string of the molecule is CC1(C)CC2CC(C)(CN2c2ncnc(N3CCN(Cc4ccc5c(c4)OCO5)CC3)c2[N+](=O)[O-])C1. The maximum atomic E-state index is 12.4. The van der Waals surface area contributed by atoms with E-state index in [9.17, 15) is 10.1 Å². The zero-order valence-corrected chi connectivity index (χ0v) is 21.3. The molecule has 0 radical (unpaired) electrons. The number of hydrogen-bond donors (Lipinski definition) is 0. The van der Waals surface area contributed by atoms with Gasteiger partial charge in [-0.15, -0.1) is 0 Å². The maximum Gasteiger partial charge on any atom is 0.353 e. The Morgan fingerprint density at radius 3 is 2.58 bits per heavy atom. The molecule has 10 nitrogen and oxygen atoms in total. The van der Waals surface area contributed by atoms with Gasteiger partial charge < -0.3 is 19.3 Å². The minimum atomic E-state index is -0.278. The van der Waals surface area contributed by atoms with Crippen LogP contribution in [0.15, 0.2) is 24.5 Å². The second-order valence-corrected chi connectivity index (χ2v) is 11.9. The average Bonchev–Trinajstić information content (AvgIpc) is 3.39. The molecule has 36 heavy (non-hydrogen) atoms. The quantitative estimate of drug-likeness (QED) is 0.454. The first-order valence-electron chi connectivity index (χ1n) is 12.8. The van der Waals surface area contributed by atoms with Gasteiger partial charge in [0.05, 0.1) is 4.92 Å². The molecule has 2 bridgehead atoms. The lowest BCUT2D eigenvalue weighted by Crippen LogP contribution is -2.46. The summed E-state index contributed by atoms with van der Waals surface area (Å²) < 4.78 is 10.9. The van der Waals surface area contributed by atoms with Crippen LogP contribution in [0.25, 0.3) is 0 Å². The summed E-state index contributed by atoms with van der Waals surface area (Å²) >= 11 is 0. The molecule has 4 heterocycles. The molecule has 0 spiro atoms. The zero-order valence-electron chi connectivity index (χ0n) is 21.3. The number of aromatic nitrogens is 2. The van der Waals surface area contributed by atoms with Crippen LogP contribution in [0.3, 0.4) is 0 Å². The molecule has 0 N–H and O–H groups in total. The van der Waals surface area contributed by atoms with E-state index in [1.807, 2.05) is 17.0 Å². The van der Waals surface area contributed by atoms with Gasteiger partial charge in [-0.1, -0.05) is 26.8 Å². The molecule has 2 atom stereocenters. The summed E-state index contributed by atoms with van der Waals surface area (Å²) in [4.78, 5) is 27.6. The fourth-order valence-corrected chi connectivity index (χ4v) is 7.09. The number of nitro groups is 1. The van der Waals surface area contributed by atoms with Gasteiger partial charge in [0.1, 0.15) is 6.33 Å². The van der Waals surface area contributed by atoms with Gasteiger partial charge >= 0.3 is 5.69 Å². The van der Waals surface area contributed by atoms with Crippen LogP contribution in [0.1, 0.15) is 45.6 Å². The maximum absolute atomic E-state index is 12.4. The molecule has 10 heteroatoms. The summed E-state index contributed by atoms with van der Waals surface area (Å²) in [5.74, 6) is 2.51. The van der Waals surface area contributed by atoms with E-state index in [-0.39, 0.29) is 34.3 Å².